The summed E-state index contributed by atoms with van der Waals surface area (Å²) in [6.07, 6.45) is 3.32. The van der Waals surface area contributed by atoms with Gasteiger partial charge >= 0.3 is 0 Å². The lowest BCUT2D eigenvalue weighted by molar-refractivity contribution is 0.157. The van der Waals surface area contributed by atoms with E-state index in [1.54, 1.807) is 6.07 Å². The molecule has 0 bridgehead atoms. The maximum atomic E-state index is 9.96. The van der Waals surface area contributed by atoms with Crippen molar-refractivity contribution in [3.63, 3.8) is 0 Å². The van der Waals surface area contributed by atoms with Gasteiger partial charge in [-0.25, -0.2) is 0 Å². The van der Waals surface area contributed by atoms with Gasteiger partial charge in [0, 0.05) is 17.6 Å². The van der Waals surface area contributed by atoms with Crippen LogP contribution in [-0.4, -0.2) is 23.1 Å². The van der Waals surface area contributed by atoms with Crippen molar-refractivity contribution in [3.05, 3.63) is 29.8 Å². The van der Waals surface area contributed by atoms with Crippen LogP contribution in [0.1, 0.15) is 51.6 Å². The molecule has 2 nitrogen and oxygen atoms in total. The van der Waals surface area contributed by atoms with Crippen molar-refractivity contribution < 1.29 is 5.11 Å². The number of phenols is 1. The summed E-state index contributed by atoms with van der Waals surface area (Å²) < 4.78 is 0. The zero-order valence-corrected chi connectivity index (χ0v) is 11.5. The second-order valence-corrected chi connectivity index (χ2v) is 4.62. The van der Waals surface area contributed by atoms with Crippen LogP contribution in [0.15, 0.2) is 24.3 Å². The molecule has 0 aliphatic carbocycles. The van der Waals surface area contributed by atoms with Gasteiger partial charge in [-0.1, -0.05) is 39.0 Å². The minimum atomic E-state index is 0.307. The molecule has 1 atom stereocenters. The van der Waals surface area contributed by atoms with Crippen molar-refractivity contribution in [1.82, 2.24) is 4.90 Å². The fourth-order valence-electron chi connectivity index (χ4n) is 2.62. The minimum absolute atomic E-state index is 0.307. The second kappa shape index (κ2) is 6.65. The summed E-state index contributed by atoms with van der Waals surface area (Å²) >= 11 is 0. The fraction of sp³-hybridized carbons (Fsp3) is 0.600. The van der Waals surface area contributed by atoms with Crippen molar-refractivity contribution in [1.29, 1.82) is 0 Å². The van der Waals surface area contributed by atoms with Crippen molar-refractivity contribution in [3.8, 4) is 5.75 Å². The average molecular weight is 235 g/mol. The van der Waals surface area contributed by atoms with Gasteiger partial charge in [-0.2, -0.15) is 0 Å². The number of hydrogen-bond donors (Lipinski definition) is 1. The Morgan fingerprint density at radius 2 is 1.65 bits per heavy atom. The lowest BCUT2D eigenvalue weighted by Crippen LogP contribution is -2.34. The molecule has 0 amide bonds. The average Bonchev–Trinajstić information content (AvgIpc) is 2.34. The number of para-hydroxylation sites is 1. The van der Waals surface area contributed by atoms with Crippen LogP contribution in [0.5, 0.6) is 5.75 Å². The van der Waals surface area contributed by atoms with Gasteiger partial charge in [0.15, 0.2) is 0 Å². The van der Waals surface area contributed by atoms with Crippen LogP contribution < -0.4 is 0 Å². The molecule has 0 aliphatic heterocycles. The lowest BCUT2D eigenvalue weighted by Gasteiger charge is -2.34. The lowest BCUT2D eigenvalue weighted by atomic mass is 9.99. The van der Waals surface area contributed by atoms with E-state index in [-0.39, 0.29) is 0 Å². The number of benzene rings is 1. The Hall–Kier alpha value is -1.02. The zero-order chi connectivity index (χ0) is 12.8. The van der Waals surface area contributed by atoms with Crippen LogP contribution in [0.2, 0.25) is 0 Å². The highest BCUT2D eigenvalue weighted by Crippen LogP contribution is 2.32. The number of phenolic OH excluding ortho intramolecular Hbond substituents is 1. The van der Waals surface area contributed by atoms with Gasteiger partial charge in [-0.05, 0) is 32.4 Å². The van der Waals surface area contributed by atoms with E-state index in [1.165, 1.54) is 0 Å². The third-order valence-corrected chi connectivity index (χ3v) is 3.69. The molecule has 0 heterocycles. The standard InChI is InChI=1S/C15H25NO/c1-5-12(6-2)16(4)14(7-3)13-10-8-9-11-15(13)17/h8-12,14,17H,5-7H2,1-4H3. The SMILES string of the molecule is CCC(CC)N(C)C(CC)c1ccccc1O. The molecule has 2 heteroatoms. The van der Waals surface area contributed by atoms with Gasteiger partial charge in [-0.15, -0.1) is 0 Å². The van der Waals surface area contributed by atoms with Crippen LogP contribution in [-0.2, 0) is 0 Å². The summed E-state index contributed by atoms with van der Waals surface area (Å²) in [5, 5.41) is 9.96. The Bertz CT molecular complexity index is 333. The smallest absolute Gasteiger partial charge is 0.120 e. The van der Waals surface area contributed by atoms with Gasteiger partial charge in [0.05, 0.1) is 0 Å². The molecule has 0 aromatic heterocycles. The quantitative estimate of drug-likeness (QED) is 0.806. The first-order valence-electron chi connectivity index (χ1n) is 6.65. The summed E-state index contributed by atoms with van der Waals surface area (Å²) in [6.45, 7) is 6.63. The van der Waals surface area contributed by atoms with Gasteiger partial charge in [0.2, 0.25) is 0 Å². The molecule has 1 unspecified atom stereocenters. The van der Waals surface area contributed by atoms with Crippen molar-refractivity contribution in [2.24, 2.45) is 0 Å². The highest BCUT2D eigenvalue weighted by Gasteiger charge is 2.22. The first-order valence-corrected chi connectivity index (χ1v) is 6.65. The van der Waals surface area contributed by atoms with Crippen LogP contribution in [0, 0.1) is 0 Å². The summed E-state index contributed by atoms with van der Waals surface area (Å²) in [5.74, 6) is 0.414. The van der Waals surface area contributed by atoms with Gasteiger partial charge in [-0.3, -0.25) is 4.90 Å². The van der Waals surface area contributed by atoms with E-state index in [0.717, 1.165) is 24.8 Å². The van der Waals surface area contributed by atoms with Crippen molar-refractivity contribution >= 4 is 0 Å². The molecule has 1 aromatic rings. The Balaban J connectivity index is 2.95. The van der Waals surface area contributed by atoms with E-state index in [9.17, 15) is 5.11 Å². The monoisotopic (exact) mass is 235 g/mol. The van der Waals surface area contributed by atoms with Gasteiger partial charge in [0.1, 0.15) is 5.75 Å². The Morgan fingerprint density at radius 3 is 2.12 bits per heavy atom. The molecular weight excluding hydrogens is 210 g/mol. The van der Waals surface area contributed by atoms with Crippen LogP contribution in [0.4, 0.5) is 0 Å². The van der Waals surface area contributed by atoms with E-state index in [1.807, 2.05) is 18.2 Å². The Labute approximate surface area is 105 Å². The van der Waals surface area contributed by atoms with E-state index >= 15 is 0 Å². The molecule has 0 spiro atoms. The number of hydrogen-bond acceptors (Lipinski definition) is 2. The number of aromatic hydroxyl groups is 1. The zero-order valence-electron chi connectivity index (χ0n) is 11.5. The van der Waals surface area contributed by atoms with Crippen LogP contribution in [0.3, 0.4) is 0 Å². The first kappa shape index (κ1) is 14.0. The van der Waals surface area contributed by atoms with E-state index < -0.39 is 0 Å². The number of rotatable bonds is 6. The molecule has 0 saturated carbocycles. The molecule has 96 valence electrons. The predicted octanol–water partition coefficient (Wildman–Crippen LogP) is 3.96. The summed E-state index contributed by atoms with van der Waals surface area (Å²) in [7, 11) is 2.16. The van der Waals surface area contributed by atoms with E-state index in [0.29, 0.717) is 17.8 Å². The van der Waals surface area contributed by atoms with E-state index in [2.05, 4.69) is 32.7 Å². The topological polar surface area (TPSA) is 23.5 Å². The Kier molecular flexibility index (Phi) is 5.49. The number of nitrogens with zero attached hydrogens (tertiary/aromatic N) is 1. The Morgan fingerprint density at radius 1 is 1.06 bits per heavy atom. The summed E-state index contributed by atoms with van der Waals surface area (Å²) in [5.41, 5.74) is 1.05. The van der Waals surface area contributed by atoms with Gasteiger partial charge in [0.25, 0.3) is 0 Å². The molecule has 0 fully saturated rings. The third kappa shape index (κ3) is 3.22. The fourth-order valence-corrected chi connectivity index (χ4v) is 2.62. The summed E-state index contributed by atoms with van der Waals surface area (Å²) in [6, 6.07) is 8.57. The van der Waals surface area contributed by atoms with Crippen molar-refractivity contribution in [2.45, 2.75) is 52.1 Å². The molecule has 0 saturated heterocycles. The summed E-state index contributed by atoms with van der Waals surface area (Å²) in [4.78, 5) is 2.40. The molecule has 17 heavy (non-hydrogen) atoms. The first-order chi connectivity index (χ1) is 8.15. The third-order valence-electron chi connectivity index (χ3n) is 3.69. The maximum Gasteiger partial charge on any atom is 0.120 e. The highest BCUT2D eigenvalue weighted by atomic mass is 16.3. The predicted molar refractivity (Wildman–Crippen MR) is 73.3 cm³/mol. The van der Waals surface area contributed by atoms with Crippen molar-refractivity contribution in [2.75, 3.05) is 7.05 Å². The second-order valence-electron chi connectivity index (χ2n) is 4.62. The van der Waals surface area contributed by atoms with Crippen LogP contribution >= 0.6 is 0 Å². The minimum Gasteiger partial charge on any atom is -0.508 e. The normalized spacial score (nSPS) is 13.3. The molecule has 0 radical (unpaired) electrons. The van der Waals surface area contributed by atoms with Gasteiger partial charge < -0.3 is 5.11 Å². The molecule has 1 aromatic carbocycles. The van der Waals surface area contributed by atoms with E-state index in [4.69, 9.17) is 0 Å². The highest BCUT2D eigenvalue weighted by molar-refractivity contribution is 5.34. The molecular formula is C15H25NO. The molecule has 1 N–H and O–H groups in total. The maximum absolute atomic E-state index is 9.96. The van der Waals surface area contributed by atoms with Crippen LogP contribution in [0.25, 0.3) is 0 Å². The molecule has 0 aliphatic rings. The molecule has 1 rings (SSSR count). The largest absolute Gasteiger partial charge is 0.508 e.